The fourth-order valence-electron chi connectivity index (χ4n) is 2.51. The second-order valence-corrected chi connectivity index (χ2v) is 5.30. The van der Waals surface area contributed by atoms with Crippen LogP contribution in [0, 0.1) is 0 Å². The maximum Gasteiger partial charge on any atom is 0.287 e. The van der Waals surface area contributed by atoms with Crippen molar-refractivity contribution >= 4 is 16.8 Å². The molecule has 1 aliphatic rings. The molecule has 0 saturated carbocycles. The van der Waals surface area contributed by atoms with Gasteiger partial charge in [0.05, 0.1) is 10.9 Å². The van der Waals surface area contributed by atoms with Crippen molar-refractivity contribution < 1.29 is 14.3 Å². The lowest BCUT2D eigenvalue weighted by atomic mass is 10.2. The van der Waals surface area contributed by atoms with Gasteiger partial charge in [-0.3, -0.25) is 9.59 Å². The smallest absolute Gasteiger partial charge is 0.287 e. The lowest BCUT2D eigenvalue weighted by molar-refractivity contribution is 0.0940. The Morgan fingerprint density at radius 2 is 2.00 bits per heavy atom. The zero-order chi connectivity index (χ0) is 16.5. The molecule has 24 heavy (non-hydrogen) atoms. The van der Waals surface area contributed by atoms with Gasteiger partial charge in [-0.1, -0.05) is 18.2 Å². The van der Waals surface area contributed by atoms with Gasteiger partial charge >= 0.3 is 0 Å². The van der Waals surface area contributed by atoms with Crippen LogP contribution in [0.15, 0.2) is 47.3 Å². The highest BCUT2D eigenvalue weighted by molar-refractivity contribution is 5.92. The number of para-hydroxylation sites is 1. The fraction of sp³-hybridized carbons (Fsp3) is 0.118. The number of aromatic amines is 1. The highest BCUT2D eigenvalue weighted by atomic mass is 16.7. The third kappa shape index (κ3) is 2.56. The molecule has 0 spiro atoms. The number of nitrogens with zero attached hydrogens (tertiary/aromatic N) is 1. The average molecular weight is 323 g/mol. The van der Waals surface area contributed by atoms with E-state index in [1.54, 1.807) is 36.4 Å². The topological polar surface area (TPSA) is 93.3 Å². The van der Waals surface area contributed by atoms with Gasteiger partial charge in [0.2, 0.25) is 6.79 Å². The van der Waals surface area contributed by atoms with Crippen molar-refractivity contribution in [3.05, 3.63) is 64.2 Å². The first-order valence-corrected chi connectivity index (χ1v) is 7.36. The van der Waals surface area contributed by atoms with Crippen molar-refractivity contribution in [1.82, 2.24) is 15.3 Å². The van der Waals surface area contributed by atoms with Gasteiger partial charge in [-0.25, -0.2) is 4.98 Å². The molecule has 0 radical (unpaired) electrons. The van der Waals surface area contributed by atoms with Gasteiger partial charge < -0.3 is 19.8 Å². The predicted molar refractivity (Wildman–Crippen MR) is 86.1 cm³/mol. The molecule has 7 heteroatoms. The van der Waals surface area contributed by atoms with Crippen LogP contribution >= 0.6 is 0 Å². The second-order valence-electron chi connectivity index (χ2n) is 5.30. The van der Waals surface area contributed by atoms with Crippen LogP contribution < -0.4 is 20.3 Å². The van der Waals surface area contributed by atoms with E-state index < -0.39 is 5.91 Å². The summed E-state index contributed by atoms with van der Waals surface area (Å²) in [5.41, 5.74) is 0.999. The summed E-state index contributed by atoms with van der Waals surface area (Å²) in [6.07, 6.45) is 0. The van der Waals surface area contributed by atoms with Gasteiger partial charge in [0, 0.05) is 6.54 Å². The van der Waals surface area contributed by atoms with E-state index in [2.05, 4.69) is 15.3 Å². The summed E-state index contributed by atoms with van der Waals surface area (Å²) in [4.78, 5) is 30.9. The molecule has 4 rings (SSSR count). The monoisotopic (exact) mass is 323 g/mol. The number of fused-ring (bicyclic) bond motifs is 2. The number of carbonyl (C=O) groups is 1. The zero-order valence-electron chi connectivity index (χ0n) is 12.5. The molecule has 2 heterocycles. The maximum atomic E-state index is 12.2. The van der Waals surface area contributed by atoms with Gasteiger partial charge in [0.25, 0.3) is 11.5 Å². The third-order valence-electron chi connectivity index (χ3n) is 3.72. The second kappa shape index (κ2) is 5.69. The van der Waals surface area contributed by atoms with Crippen LogP contribution in [0.1, 0.15) is 16.2 Å². The van der Waals surface area contributed by atoms with Crippen LogP contribution in [0.25, 0.3) is 10.9 Å². The summed E-state index contributed by atoms with van der Waals surface area (Å²) >= 11 is 0. The lowest BCUT2D eigenvalue weighted by Gasteiger charge is -2.06. The molecule has 0 unspecified atom stereocenters. The number of rotatable bonds is 3. The minimum atomic E-state index is -0.449. The Hall–Kier alpha value is -3.35. The number of hydrogen-bond acceptors (Lipinski definition) is 5. The van der Waals surface area contributed by atoms with Crippen LogP contribution in [0.5, 0.6) is 11.5 Å². The predicted octanol–water partition coefficient (Wildman–Crippen LogP) is 1.58. The molecule has 0 saturated heterocycles. The summed E-state index contributed by atoms with van der Waals surface area (Å²) in [7, 11) is 0. The summed E-state index contributed by atoms with van der Waals surface area (Å²) < 4.78 is 10.5. The van der Waals surface area contributed by atoms with Crippen LogP contribution in [-0.2, 0) is 6.54 Å². The van der Waals surface area contributed by atoms with E-state index in [0.29, 0.717) is 22.4 Å². The van der Waals surface area contributed by atoms with Crippen LogP contribution in [0.4, 0.5) is 0 Å². The summed E-state index contributed by atoms with van der Waals surface area (Å²) in [6, 6.07) is 12.3. The number of H-pyrrole nitrogens is 1. The number of aromatic nitrogens is 2. The van der Waals surface area contributed by atoms with E-state index in [-0.39, 0.29) is 24.7 Å². The zero-order valence-corrected chi connectivity index (χ0v) is 12.5. The Morgan fingerprint density at radius 3 is 2.92 bits per heavy atom. The first-order valence-electron chi connectivity index (χ1n) is 7.36. The molecular formula is C17H13N3O4. The van der Waals surface area contributed by atoms with Crippen LogP contribution in [0.3, 0.4) is 0 Å². The number of hydrogen-bond donors (Lipinski definition) is 2. The quantitative estimate of drug-likeness (QED) is 0.763. The largest absolute Gasteiger partial charge is 0.454 e. The first kappa shape index (κ1) is 14.3. The van der Waals surface area contributed by atoms with Crippen molar-refractivity contribution in [2.75, 3.05) is 6.79 Å². The Morgan fingerprint density at radius 1 is 1.17 bits per heavy atom. The molecule has 1 amide bonds. The third-order valence-corrected chi connectivity index (χ3v) is 3.72. The van der Waals surface area contributed by atoms with Crippen molar-refractivity contribution in [3.63, 3.8) is 0 Å². The molecule has 2 aromatic carbocycles. The van der Waals surface area contributed by atoms with Crippen molar-refractivity contribution in [3.8, 4) is 11.5 Å². The van der Waals surface area contributed by atoms with E-state index >= 15 is 0 Å². The number of benzene rings is 2. The SMILES string of the molecule is O=C(NCc1ccc2c(c1)OCO2)c1nc2ccccc2c(=O)[nH]1. The molecule has 2 N–H and O–H groups in total. The Balaban J connectivity index is 1.53. The van der Waals surface area contributed by atoms with E-state index in [0.717, 1.165) is 5.56 Å². The van der Waals surface area contributed by atoms with Crippen molar-refractivity contribution in [2.45, 2.75) is 6.54 Å². The molecular weight excluding hydrogens is 310 g/mol. The highest BCUT2D eigenvalue weighted by Gasteiger charge is 2.14. The average Bonchev–Trinajstić information content (AvgIpc) is 3.07. The minimum absolute atomic E-state index is 0.0144. The molecule has 0 bridgehead atoms. The molecule has 7 nitrogen and oxygen atoms in total. The molecule has 3 aromatic rings. The standard InChI is InChI=1S/C17H13N3O4/c21-16-11-3-1-2-4-12(11)19-15(20-16)17(22)18-8-10-5-6-13-14(7-10)24-9-23-13/h1-7H,8-9H2,(H,18,22)(H,19,20,21). The number of carbonyl (C=O) groups excluding carboxylic acids is 1. The van der Waals surface area contributed by atoms with Crippen molar-refractivity contribution in [1.29, 1.82) is 0 Å². The Kier molecular flexibility index (Phi) is 3.38. The molecule has 1 aromatic heterocycles. The molecule has 120 valence electrons. The molecule has 1 aliphatic heterocycles. The fourth-order valence-corrected chi connectivity index (χ4v) is 2.51. The Labute approximate surface area is 136 Å². The number of ether oxygens (including phenoxy) is 2. The summed E-state index contributed by atoms with van der Waals surface area (Å²) in [5.74, 6) is 0.875. The minimum Gasteiger partial charge on any atom is -0.454 e. The molecule has 0 atom stereocenters. The van der Waals surface area contributed by atoms with Gasteiger partial charge in [0.1, 0.15) is 0 Å². The van der Waals surface area contributed by atoms with E-state index in [9.17, 15) is 9.59 Å². The number of nitrogens with one attached hydrogen (secondary N) is 2. The maximum absolute atomic E-state index is 12.2. The number of amides is 1. The highest BCUT2D eigenvalue weighted by Crippen LogP contribution is 2.32. The van der Waals surface area contributed by atoms with E-state index in [4.69, 9.17) is 9.47 Å². The van der Waals surface area contributed by atoms with Gasteiger partial charge in [-0.15, -0.1) is 0 Å². The van der Waals surface area contributed by atoms with E-state index in [1.165, 1.54) is 0 Å². The molecule has 0 fully saturated rings. The summed E-state index contributed by atoms with van der Waals surface area (Å²) in [6.45, 7) is 0.486. The lowest BCUT2D eigenvalue weighted by Crippen LogP contribution is -2.27. The van der Waals surface area contributed by atoms with Crippen LogP contribution in [-0.4, -0.2) is 22.7 Å². The summed E-state index contributed by atoms with van der Waals surface area (Å²) in [5, 5.41) is 3.18. The van der Waals surface area contributed by atoms with Gasteiger partial charge in [-0.2, -0.15) is 0 Å². The molecule has 0 aliphatic carbocycles. The van der Waals surface area contributed by atoms with E-state index in [1.807, 2.05) is 6.07 Å². The van der Waals surface area contributed by atoms with Crippen molar-refractivity contribution in [2.24, 2.45) is 0 Å². The first-order chi connectivity index (χ1) is 11.7. The Bertz CT molecular complexity index is 997. The van der Waals surface area contributed by atoms with Crippen LogP contribution in [0.2, 0.25) is 0 Å². The van der Waals surface area contributed by atoms with Gasteiger partial charge in [0.15, 0.2) is 17.3 Å². The normalized spacial score (nSPS) is 12.3. The van der Waals surface area contributed by atoms with Gasteiger partial charge in [-0.05, 0) is 29.8 Å².